The van der Waals surface area contributed by atoms with Crippen LogP contribution in [-0.2, 0) is 6.18 Å². The number of nitrogens with zero attached hydrogens (tertiary/aromatic N) is 1. The van der Waals surface area contributed by atoms with Gasteiger partial charge in [-0.25, -0.2) is 4.39 Å². The lowest BCUT2D eigenvalue weighted by atomic mass is 10.0. The lowest BCUT2D eigenvalue weighted by Gasteiger charge is -2.38. The normalized spacial score (nSPS) is 18.1. The molecule has 0 unspecified atom stereocenters. The van der Waals surface area contributed by atoms with Gasteiger partial charge < -0.3 is 25.5 Å². The Morgan fingerprint density at radius 2 is 1.70 bits per heavy atom. The summed E-state index contributed by atoms with van der Waals surface area (Å²) in [5, 5.41) is 5.82. The van der Waals surface area contributed by atoms with Crippen molar-refractivity contribution in [2.24, 2.45) is 0 Å². The van der Waals surface area contributed by atoms with Gasteiger partial charge in [-0.2, -0.15) is 13.2 Å². The number of nitrogens with one attached hydrogen (secondary N) is 4. The number of alkyl halides is 3. The molecule has 8 nitrogen and oxygen atoms in total. The van der Waals surface area contributed by atoms with Gasteiger partial charge in [0, 0.05) is 54.8 Å². The van der Waals surface area contributed by atoms with Crippen LogP contribution in [0.5, 0.6) is 0 Å². The molecule has 3 heterocycles. The number of halogens is 4. The van der Waals surface area contributed by atoms with E-state index in [4.69, 9.17) is 0 Å². The van der Waals surface area contributed by atoms with Crippen LogP contribution < -0.4 is 26.7 Å². The van der Waals surface area contributed by atoms with Crippen molar-refractivity contribution >= 4 is 17.3 Å². The number of anilines is 2. The summed E-state index contributed by atoms with van der Waals surface area (Å²) in [4.78, 5) is 43.1. The average Bonchev–Trinajstić information content (AvgIpc) is 2.78. The van der Waals surface area contributed by atoms with Crippen molar-refractivity contribution in [2.75, 3.05) is 23.3 Å². The molecule has 0 spiro atoms. The van der Waals surface area contributed by atoms with Gasteiger partial charge in [0.05, 0.1) is 22.5 Å². The molecule has 4 N–H and O–H groups in total. The summed E-state index contributed by atoms with van der Waals surface area (Å²) in [7, 11) is 0. The van der Waals surface area contributed by atoms with E-state index in [1.165, 1.54) is 18.2 Å². The summed E-state index contributed by atoms with van der Waals surface area (Å²) in [6, 6.07) is 5.57. The predicted octanol–water partition coefficient (Wildman–Crippen LogP) is 3.64. The van der Waals surface area contributed by atoms with E-state index in [-0.39, 0.29) is 34.6 Å². The van der Waals surface area contributed by atoms with Gasteiger partial charge in [-0.3, -0.25) is 14.4 Å². The van der Waals surface area contributed by atoms with Gasteiger partial charge in [-0.05, 0) is 44.5 Å². The summed E-state index contributed by atoms with van der Waals surface area (Å²) < 4.78 is 56.1. The molecule has 0 radical (unpaired) electrons. The van der Waals surface area contributed by atoms with Gasteiger partial charge in [0.25, 0.3) is 5.91 Å². The third-order valence-corrected chi connectivity index (χ3v) is 6.00. The number of aryl methyl sites for hydroxylation is 1. The minimum absolute atomic E-state index is 0.0120. The van der Waals surface area contributed by atoms with Gasteiger partial charge in [0.1, 0.15) is 5.82 Å². The number of amides is 1. The molecule has 1 amide bonds. The lowest BCUT2D eigenvalue weighted by molar-refractivity contribution is -0.138. The number of piperazine rings is 1. The zero-order valence-corrected chi connectivity index (χ0v) is 20.2. The van der Waals surface area contributed by atoms with Gasteiger partial charge in [0.15, 0.2) is 0 Å². The van der Waals surface area contributed by atoms with Gasteiger partial charge in [0.2, 0.25) is 11.1 Å². The van der Waals surface area contributed by atoms with E-state index < -0.39 is 40.1 Å². The zero-order chi connectivity index (χ0) is 27.1. The van der Waals surface area contributed by atoms with Gasteiger partial charge in [-0.1, -0.05) is 0 Å². The maximum atomic E-state index is 15.4. The number of pyridine rings is 2. The van der Waals surface area contributed by atoms with Crippen LogP contribution in [0.1, 0.15) is 35.5 Å². The molecule has 1 aromatic carbocycles. The summed E-state index contributed by atoms with van der Waals surface area (Å²) in [5.41, 5.74) is -2.63. The van der Waals surface area contributed by atoms with Crippen molar-refractivity contribution in [2.45, 2.75) is 39.0 Å². The van der Waals surface area contributed by atoms with Gasteiger partial charge >= 0.3 is 6.18 Å². The Hall–Kier alpha value is -3.93. The minimum Gasteiger partial charge on any atom is -0.367 e. The second-order valence-corrected chi connectivity index (χ2v) is 9.22. The fourth-order valence-electron chi connectivity index (χ4n) is 4.59. The first kappa shape index (κ1) is 26.1. The van der Waals surface area contributed by atoms with E-state index in [0.717, 1.165) is 0 Å². The highest BCUT2D eigenvalue weighted by Crippen LogP contribution is 2.36. The van der Waals surface area contributed by atoms with Crippen molar-refractivity contribution in [1.29, 1.82) is 0 Å². The van der Waals surface area contributed by atoms with Crippen LogP contribution in [-0.4, -0.2) is 41.0 Å². The molecule has 3 aromatic rings. The Morgan fingerprint density at radius 3 is 2.32 bits per heavy atom. The smallest absolute Gasteiger partial charge is 0.367 e. The molecule has 196 valence electrons. The number of aromatic nitrogens is 2. The standard InChI is InChI=1S/C25H25F4N5O3/c1-12-4-15(5-23(36)32-12)16-6-20(21(8-19(16)26)34-10-13(2)31-14(3)11-34)33-24(37)17-9-30-22(35)7-18(17)25(27,28)29/h4-9,13-14,31H,10-11H2,1-3H3,(H,30,35)(H,32,36)(H,33,37)/t13-,14+. The van der Waals surface area contributed by atoms with Crippen molar-refractivity contribution in [3.8, 4) is 11.1 Å². The second-order valence-electron chi connectivity index (χ2n) is 9.22. The van der Waals surface area contributed by atoms with Crippen LogP contribution in [0, 0.1) is 12.7 Å². The van der Waals surface area contributed by atoms with E-state index >= 15 is 4.39 Å². The Labute approximate surface area is 208 Å². The largest absolute Gasteiger partial charge is 0.417 e. The molecule has 0 bridgehead atoms. The number of rotatable bonds is 4. The third kappa shape index (κ3) is 5.74. The Kier molecular flexibility index (Phi) is 6.96. The summed E-state index contributed by atoms with van der Waals surface area (Å²) >= 11 is 0. The SMILES string of the molecule is Cc1cc(-c2cc(NC(=O)c3c[nH]c(=O)cc3C(F)(F)F)c(N3C[C@@H](C)N[C@@H](C)C3)cc2F)cc(=O)[nH]1. The maximum absolute atomic E-state index is 15.4. The number of carbonyl (C=O) groups excluding carboxylic acids is 1. The first-order valence-corrected chi connectivity index (χ1v) is 11.5. The quantitative estimate of drug-likeness (QED) is 0.394. The fraction of sp³-hybridized carbons (Fsp3) is 0.320. The number of aromatic amines is 2. The van der Waals surface area contributed by atoms with Crippen molar-refractivity contribution in [1.82, 2.24) is 15.3 Å². The highest BCUT2D eigenvalue weighted by atomic mass is 19.4. The predicted molar refractivity (Wildman–Crippen MR) is 131 cm³/mol. The van der Waals surface area contributed by atoms with Crippen LogP contribution in [0.25, 0.3) is 11.1 Å². The average molecular weight is 519 g/mol. The molecular weight excluding hydrogens is 494 g/mol. The molecule has 1 aliphatic rings. The topological polar surface area (TPSA) is 110 Å². The highest BCUT2D eigenvalue weighted by Gasteiger charge is 2.36. The van der Waals surface area contributed by atoms with Crippen LogP contribution in [0.4, 0.5) is 28.9 Å². The minimum atomic E-state index is -4.95. The van der Waals surface area contributed by atoms with Gasteiger partial charge in [-0.15, -0.1) is 0 Å². The first-order chi connectivity index (χ1) is 17.3. The number of carbonyl (C=O) groups is 1. The van der Waals surface area contributed by atoms with E-state index in [0.29, 0.717) is 31.0 Å². The molecule has 1 fully saturated rings. The third-order valence-electron chi connectivity index (χ3n) is 6.00. The zero-order valence-electron chi connectivity index (χ0n) is 20.2. The Morgan fingerprint density at radius 1 is 1.03 bits per heavy atom. The number of hydrogen-bond donors (Lipinski definition) is 4. The maximum Gasteiger partial charge on any atom is 0.417 e. The van der Waals surface area contributed by atoms with E-state index in [1.807, 2.05) is 18.7 Å². The van der Waals surface area contributed by atoms with Crippen molar-refractivity contribution in [3.63, 3.8) is 0 Å². The van der Waals surface area contributed by atoms with Crippen LogP contribution >= 0.6 is 0 Å². The highest BCUT2D eigenvalue weighted by molar-refractivity contribution is 6.07. The van der Waals surface area contributed by atoms with Crippen molar-refractivity contribution in [3.05, 3.63) is 79.9 Å². The summed E-state index contributed by atoms with van der Waals surface area (Å²) in [5.74, 6) is -1.81. The van der Waals surface area contributed by atoms with Crippen LogP contribution in [0.2, 0.25) is 0 Å². The first-order valence-electron chi connectivity index (χ1n) is 11.5. The molecule has 1 aliphatic heterocycles. The summed E-state index contributed by atoms with van der Waals surface area (Å²) in [6.07, 6.45) is -4.26. The number of benzene rings is 1. The van der Waals surface area contributed by atoms with Crippen LogP contribution in [0.3, 0.4) is 0 Å². The molecule has 0 aliphatic carbocycles. The molecule has 1 saturated heterocycles. The Balaban J connectivity index is 1.84. The molecule has 12 heteroatoms. The van der Waals surface area contributed by atoms with E-state index in [9.17, 15) is 27.6 Å². The molecular formula is C25H25F4N5O3. The number of hydrogen-bond acceptors (Lipinski definition) is 5. The van der Waals surface area contributed by atoms with E-state index in [1.54, 1.807) is 13.0 Å². The lowest BCUT2D eigenvalue weighted by Crippen LogP contribution is -2.54. The second kappa shape index (κ2) is 9.85. The molecule has 0 saturated carbocycles. The number of H-pyrrole nitrogens is 2. The molecule has 2 aromatic heterocycles. The van der Waals surface area contributed by atoms with E-state index in [2.05, 4.69) is 20.6 Å². The summed E-state index contributed by atoms with van der Waals surface area (Å²) in [6.45, 7) is 6.38. The van der Waals surface area contributed by atoms with Crippen LogP contribution in [0.15, 0.2) is 46.1 Å². The molecule has 4 rings (SSSR count). The fourth-order valence-corrected chi connectivity index (χ4v) is 4.59. The monoisotopic (exact) mass is 519 g/mol. The Bertz CT molecular complexity index is 1450. The molecule has 37 heavy (non-hydrogen) atoms. The van der Waals surface area contributed by atoms with Crippen molar-refractivity contribution < 1.29 is 22.4 Å². The molecule has 2 atom stereocenters.